The summed E-state index contributed by atoms with van der Waals surface area (Å²) in [5, 5.41) is 2.43. The van der Waals surface area contributed by atoms with E-state index < -0.39 is 12.1 Å². The predicted octanol–water partition coefficient (Wildman–Crippen LogP) is 3.53. The molecule has 3 heterocycles. The van der Waals surface area contributed by atoms with E-state index in [1.54, 1.807) is 18.2 Å². The van der Waals surface area contributed by atoms with Gasteiger partial charge in [0, 0.05) is 10.9 Å². The molecule has 0 aliphatic carbocycles. The second-order valence-electron chi connectivity index (χ2n) is 6.68. The fourth-order valence-electron chi connectivity index (χ4n) is 3.26. The first-order valence-electron chi connectivity index (χ1n) is 9.30. The average Bonchev–Trinajstić information content (AvgIpc) is 3.22. The number of fused-ring (bicyclic) bond motifs is 2. The maximum atomic E-state index is 12.7. The van der Waals surface area contributed by atoms with E-state index in [0.29, 0.717) is 21.7 Å². The summed E-state index contributed by atoms with van der Waals surface area (Å²) in [6.45, 7) is -0.103. The Morgan fingerprint density at radius 2 is 1.90 bits per heavy atom. The van der Waals surface area contributed by atoms with Crippen LogP contribution in [0, 0.1) is 0 Å². The third-order valence-electron chi connectivity index (χ3n) is 4.70. The molecule has 2 aromatic heterocycles. The summed E-state index contributed by atoms with van der Waals surface area (Å²) in [7, 11) is 0. The lowest BCUT2D eigenvalue weighted by atomic mass is 10.1. The molecule has 4 aromatic rings. The molecule has 2 aromatic carbocycles. The van der Waals surface area contributed by atoms with Crippen LogP contribution in [-0.4, -0.2) is 28.6 Å². The Kier molecular flexibility index (Phi) is 4.68. The van der Waals surface area contributed by atoms with E-state index >= 15 is 0 Å². The van der Waals surface area contributed by atoms with Gasteiger partial charge >= 0.3 is 5.97 Å². The highest BCUT2D eigenvalue weighted by Gasteiger charge is 2.29. The summed E-state index contributed by atoms with van der Waals surface area (Å²) in [4.78, 5) is 32.8. The number of para-hydroxylation sites is 2. The number of ether oxygens (including phenoxy) is 3. The summed E-state index contributed by atoms with van der Waals surface area (Å²) in [5.41, 5.74) is 1.52. The zero-order valence-corrected chi connectivity index (χ0v) is 16.5. The van der Waals surface area contributed by atoms with Gasteiger partial charge in [-0.3, -0.25) is 4.79 Å². The first-order chi connectivity index (χ1) is 14.7. The van der Waals surface area contributed by atoms with Crippen LogP contribution >= 0.6 is 11.3 Å². The van der Waals surface area contributed by atoms with Gasteiger partial charge in [0.25, 0.3) is 5.56 Å². The number of hydrogen-bond donors (Lipinski definition) is 1. The van der Waals surface area contributed by atoms with E-state index in [1.165, 1.54) is 11.3 Å². The van der Waals surface area contributed by atoms with Gasteiger partial charge in [0.05, 0.1) is 5.39 Å². The quantitative estimate of drug-likeness (QED) is 0.508. The van der Waals surface area contributed by atoms with Gasteiger partial charge < -0.3 is 19.2 Å². The van der Waals surface area contributed by atoms with Crippen LogP contribution in [0.2, 0.25) is 0 Å². The van der Waals surface area contributed by atoms with E-state index in [9.17, 15) is 9.59 Å². The topological polar surface area (TPSA) is 90.5 Å². The highest BCUT2D eigenvalue weighted by atomic mass is 32.1. The Morgan fingerprint density at radius 1 is 1.13 bits per heavy atom. The normalized spacial score (nSPS) is 15.1. The van der Waals surface area contributed by atoms with E-state index in [-0.39, 0.29) is 24.6 Å². The highest BCUT2D eigenvalue weighted by Crippen LogP contribution is 2.32. The van der Waals surface area contributed by atoms with E-state index in [4.69, 9.17) is 14.2 Å². The summed E-state index contributed by atoms with van der Waals surface area (Å²) < 4.78 is 16.5. The first-order valence-corrected chi connectivity index (χ1v) is 10.2. The van der Waals surface area contributed by atoms with Crippen LogP contribution in [0.3, 0.4) is 0 Å². The Morgan fingerprint density at radius 3 is 2.73 bits per heavy atom. The molecule has 0 fully saturated rings. The van der Waals surface area contributed by atoms with Gasteiger partial charge in [-0.15, -0.1) is 11.3 Å². The lowest BCUT2D eigenvalue weighted by Crippen LogP contribution is -2.37. The van der Waals surface area contributed by atoms with Crippen molar-refractivity contribution in [2.75, 3.05) is 6.61 Å². The Balaban J connectivity index is 1.32. The molecule has 150 valence electrons. The van der Waals surface area contributed by atoms with Crippen molar-refractivity contribution in [2.45, 2.75) is 12.7 Å². The SMILES string of the molecule is O=C(OCc1nc2scc(-c3ccccc3)c2c(=O)[nH]1)[C@@H]1COc2ccccc2O1. The number of aromatic nitrogens is 2. The molecule has 0 spiro atoms. The minimum atomic E-state index is -0.873. The molecular formula is C22H16N2O5S. The number of carbonyl (C=O) groups is 1. The summed E-state index contributed by atoms with van der Waals surface area (Å²) >= 11 is 1.38. The molecule has 1 N–H and O–H groups in total. The van der Waals surface area contributed by atoms with Crippen LogP contribution in [0.5, 0.6) is 11.5 Å². The molecule has 30 heavy (non-hydrogen) atoms. The number of nitrogens with zero attached hydrogens (tertiary/aromatic N) is 1. The summed E-state index contributed by atoms with van der Waals surface area (Å²) in [6, 6.07) is 16.8. The number of H-pyrrole nitrogens is 1. The minimum Gasteiger partial charge on any atom is -0.485 e. The van der Waals surface area contributed by atoms with Gasteiger partial charge in [0.2, 0.25) is 6.10 Å². The maximum absolute atomic E-state index is 12.7. The molecule has 0 bridgehead atoms. The number of esters is 1. The lowest BCUT2D eigenvalue weighted by molar-refractivity contribution is -0.156. The molecule has 7 nitrogen and oxygen atoms in total. The van der Waals surface area contributed by atoms with Crippen LogP contribution in [-0.2, 0) is 16.1 Å². The maximum Gasteiger partial charge on any atom is 0.351 e. The molecule has 0 saturated carbocycles. The lowest BCUT2D eigenvalue weighted by Gasteiger charge is -2.24. The van der Waals surface area contributed by atoms with Crippen molar-refractivity contribution in [2.24, 2.45) is 0 Å². The van der Waals surface area contributed by atoms with Crippen LogP contribution in [0.4, 0.5) is 0 Å². The van der Waals surface area contributed by atoms with E-state index in [0.717, 1.165) is 11.1 Å². The van der Waals surface area contributed by atoms with Gasteiger partial charge in [-0.1, -0.05) is 42.5 Å². The fraction of sp³-hybridized carbons (Fsp3) is 0.136. The third-order valence-corrected chi connectivity index (χ3v) is 5.57. The molecule has 0 saturated heterocycles. The van der Waals surface area contributed by atoms with Crippen molar-refractivity contribution in [1.29, 1.82) is 0 Å². The smallest absolute Gasteiger partial charge is 0.351 e. The van der Waals surface area contributed by atoms with Gasteiger partial charge in [-0.05, 0) is 17.7 Å². The number of thiophene rings is 1. The molecule has 8 heteroatoms. The Bertz CT molecular complexity index is 1280. The molecule has 0 unspecified atom stereocenters. The first kappa shape index (κ1) is 18.4. The molecule has 1 aliphatic rings. The third kappa shape index (κ3) is 3.42. The van der Waals surface area contributed by atoms with Gasteiger partial charge in [-0.25, -0.2) is 9.78 Å². The monoisotopic (exact) mass is 420 g/mol. The fourth-order valence-corrected chi connectivity index (χ4v) is 4.23. The van der Waals surface area contributed by atoms with Gasteiger partial charge in [0.15, 0.2) is 11.5 Å². The van der Waals surface area contributed by atoms with Crippen molar-refractivity contribution < 1.29 is 19.0 Å². The molecule has 1 aliphatic heterocycles. The molecule has 1 atom stereocenters. The summed E-state index contributed by atoms with van der Waals surface area (Å²) in [6.07, 6.45) is -0.873. The van der Waals surface area contributed by atoms with Crippen molar-refractivity contribution in [3.63, 3.8) is 0 Å². The number of carbonyl (C=O) groups excluding carboxylic acids is 1. The van der Waals surface area contributed by atoms with Crippen LogP contribution in [0.1, 0.15) is 5.82 Å². The second-order valence-corrected chi connectivity index (χ2v) is 7.54. The number of rotatable bonds is 4. The number of benzene rings is 2. The summed E-state index contributed by atoms with van der Waals surface area (Å²) in [5.74, 6) is 0.776. The van der Waals surface area contributed by atoms with Gasteiger partial charge in [-0.2, -0.15) is 0 Å². The zero-order chi connectivity index (χ0) is 20.5. The number of hydrogen-bond acceptors (Lipinski definition) is 7. The standard InChI is InChI=1S/C22H16N2O5S/c25-20-19-14(13-6-2-1-3-7-13)12-30-21(19)24-18(23-20)11-28-22(26)17-10-27-15-8-4-5-9-16(15)29-17/h1-9,12,17H,10-11H2,(H,23,24,25)/t17-/m0/s1. The molecule has 5 rings (SSSR count). The van der Waals surface area contributed by atoms with Crippen molar-refractivity contribution >= 4 is 27.5 Å². The Hall–Kier alpha value is -3.65. The number of nitrogens with one attached hydrogen (secondary N) is 1. The molecule has 0 radical (unpaired) electrons. The van der Waals surface area contributed by atoms with Crippen LogP contribution in [0.15, 0.2) is 64.8 Å². The Labute approximate surface area is 174 Å². The zero-order valence-electron chi connectivity index (χ0n) is 15.7. The van der Waals surface area contributed by atoms with Crippen LogP contribution < -0.4 is 15.0 Å². The van der Waals surface area contributed by atoms with E-state index in [1.807, 2.05) is 41.8 Å². The van der Waals surface area contributed by atoms with Crippen molar-refractivity contribution in [3.8, 4) is 22.6 Å². The molecular weight excluding hydrogens is 404 g/mol. The second kappa shape index (κ2) is 7.64. The van der Waals surface area contributed by atoms with Crippen LogP contribution in [0.25, 0.3) is 21.3 Å². The van der Waals surface area contributed by atoms with E-state index in [2.05, 4.69) is 9.97 Å². The highest BCUT2D eigenvalue weighted by molar-refractivity contribution is 7.17. The van der Waals surface area contributed by atoms with Crippen molar-refractivity contribution in [3.05, 3.63) is 76.2 Å². The molecule has 0 amide bonds. The number of aromatic amines is 1. The largest absolute Gasteiger partial charge is 0.485 e. The van der Waals surface area contributed by atoms with Crippen molar-refractivity contribution in [1.82, 2.24) is 9.97 Å². The van der Waals surface area contributed by atoms with Gasteiger partial charge in [0.1, 0.15) is 23.9 Å². The average molecular weight is 420 g/mol. The predicted molar refractivity (Wildman–Crippen MR) is 112 cm³/mol. The minimum absolute atomic E-state index is 0.0597.